The minimum absolute atomic E-state index is 0.0758. The Balaban J connectivity index is 2.05. The first-order chi connectivity index (χ1) is 9.40. The van der Waals surface area contributed by atoms with Gasteiger partial charge < -0.3 is 15.8 Å². The first kappa shape index (κ1) is 15.0. The van der Waals surface area contributed by atoms with Crippen molar-refractivity contribution in [2.24, 2.45) is 5.73 Å². The lowest BCUT2D eigenvalue weighted by Crippen LogP contribution is -2.29. The highest BCUT2D eigenvalue weighted by Gasteiger charge is 2.29. The molecule has 110 valence electrons. The van der Waals surface area contributed by atoms with Gasteiger partial charge in [-0.1, -0.05) is 6.07 Å². The van der Waals surface area contributed by atoms with Crippen molar-refractivity contribution < 1.29 is 17.9 Å². The summed E-state index contributed by atoms with van der Waals surface area (Å²) in [6.45, 7) is 0.396. The van der Waals surface area contributed by atoms with Crippen molar-refractivity contribution in [3.8, 4) is 0 Å². The summed E-state index contributed by atoms with van der Waals surface area (Å²) in [4.78, 5) is 12.2. The zero-order valence-corrected chi connectivity index (χ0v) is 12.0. The van der Waals surface area contributed by atoms with E-state index in [0.29, 0.717) is 18.7 Å². The quantitative estimate of drug-likeness (QED) is 0.845. The normalized spacial score (nSPS) is 22.7. The molecule has 0 radical (unpaired) electrons. The molecule has 2 atom stereocenters. The predicted molar refractivity (Wildman–Crippen MR) is 75.1 cm³/mol. The van der Waals surface area contributed by atoms with E-state index in [9.17, 15) is 13.2 Å². The van der Waals surface area contributed by atoms with Gasteiger partial charge in [0.15, 0.2) is 9.84 Å². The Morgan fingerprint density at radius 3 is 2.80 bits per heavy atom. The standard InChI is InChI=1S/C13H18N2O4S/c1-20(17,18)11-4-2-3-9(7-11)15-13(16)12-6-5-10(8-14)19-12/h2-4,7,10,12H,5-6,8,14H2,1H3,(H,15,16)/t10-,12+/m1/s1. The zero-order chi connectivity index (χ0) is 14.8. The number of nitrogens with two attached hydrogens (primary N) is 1. The van der Waals surface area contributed by atoms with E-state index in [1.54, 1.807) is 12.1 Å². The number of ether oxygens (including phenoxy) is 1. The monoisotopic (exact) mass is 298 g/mol. The molecule has 20 heavy (non-hydrogen) atoms. The molecule has 0 aliphatic carbocycles. The van der Waals surface area contributed by atoms with Gasteiger partial charge in [0.05, 0.1) is 11.0 Å². The van der Waals surface area contributed by atoms with E-state index >= 15 is 0 Å². The van der Waals surface area contributed by atoms with E-state index in [2.05, 4.69) is 5.32 Å². The van der Waals surface area contributed by atoms with E-state index < -0.39 is 15.9 Å². The van der Waals surface area contributed by atoms with Gasteiger partial charge in [0, 0.05) is 18.5 Å². The molecule has 1 saturated heterocycles. The van der Waals surface area contributed by atoms with Gasteiger partial charge in [-0.15, -0.1) is 0 Å². The number of nitrogens with one attached hydrogen (secondary N) is 1. The third-order valence-corrected chi connectivity index (χ3v) is 4.30. The number of hydrogen-bond donors (Lipinski definition) is 2. The lowest BCUT2D eigenvalue weighted by molar-refractivity contribution is -0.126. The number of carbonyl (C=O) groups is 1. The Hall–Kier alpha value is -1.44. The van der Waals surface area contributed by atoms with Crippen molar-refractivity contribution in [2.75, 3.05) is 18.1 Å². The molecule has 0 unspecified atom stereocenters. The maximum absolute atomic E-state index is 12.0. The highest BCUT2D eigenvalue weighted by molar-refractivity contribution is 7.90. The maximum atomic E-state index is 12.0. The van der Waals surface area contributed by atoms with Crippen LogP contribution in [0.15, 0.2) is 29.2 Å². The summed E-state index contributed by atoms with van der Waals surface area (Å²) in [7, 11) is -3.29. The lowest BCUT2D eigenvalue weighted by atomic mass is 10.2. The van der Waals surface area contributed by atoms with E-state index in [1.807, 2.05) is 0 Å². The van der Waals surface area contributed by atoms with Crippen molar-refractivity contribution in [1.82, 2.24) is 0 Å². The van der Waals surface area contributed by atoms with Crippen molar-refractivity contribution in [3.05, 3.63) is 24.3 Å². The number of sulfone groups is 1. The van der Waals surface area contributed by atoms with Crippen LogP contribution in [0.1, 0.15) is 12.8 Å². The fourth-order valence-electron chi connectivity index (χ4n) is 2.10. The molecular formula is C13H18N2O4S. The number of benzene rings is 1. The Bertz CT molecular complexity index is 600. The number of anilines is 1. The second-order valence-electron chi connectivity index (χ2n) is 4.85. The van der Waals surface area contributed by atoms with Crippen molar-refractivity contribution in [2.45, 2.75) is 29.9 Å². The summed E-state index contributed by atoms with van der Waals surface area (Å²) in [5, 5.41) is 2.67. The molecule has 1 aromatic rings. The van der Waals surface area contributed by atoms with Gasteiger partial charge >= 0.3 is 0 Å². The number of carbonyl (C=O) groups excluding carboxylic acids is 1. The predicted octanol–water partition coefficient (Wildman–Crippen LogP) is 0.535. The molecule has 3 N–H and O–H groups in total. The third-order valence-electron chi connectivity index (χ3n) is 3.19. The molecule has 0 aromatic heterocycles. The SMILES string of the molecule is CS(=O)(=O)c1cccc(NC(=O)[C@@H]2CC[C@H](CN)O2)c1. The second-order valence-corrected chi connectivity index (χ2v) is 6.86. The molecule has 1 fully saturated rings. The third kappa shape index (κ3) is 3.56. The van der Waals surface area contributed by atoms with Crippen LogP contribution in [-0.2, 0) is 19.4 Å². The van der Waals surface area contributed by atoms with Gasteiger partial charge in [-0.2, -0.15) is 0 Å². The first-order valence-corrected chi connectivity index (χ1v) is 8.26. The molecule has 2 rings (SSSR count). The average Bonchev–Trinajstić information content (AvgIpc) is 2.87. The molecule has 6 nitrogen and oxygen atoms in total. The first-order valence-electron chi connectivity index (χ1n) is 6.36. The minimum Gasteiger partial charge on any atom is -0.364 e. The van der Waals surface area contributed by atoms with Crippen LogP contribution in [0.2, 0.25) is 0 Å². The van der Waals surface area contributed by atoms with Crippen LogP contribution < -0.4 is 11.1 Å². The summed E-state index contributed by atoms with van der Waals surface area (Å²) >= 11 is 0. The largest absolute Gasteiger partial charge is 0.364 e. The maximum Gasteiger partial charge on any atom is 0.253 e. The van der Waals surface area contributed by atoms with Crippen LogP contribution in [0.25, 0.3) is 0 Å². The Kier molecular flexibility index (Phi) is 4.42. The molecular weight excluding hydrogens is 280 g/mol. The molecule has 0 bridgehead atoms. The van der Waals surface area contributed by atoms with Gasteiger partial charge in [0.2, 0.25) is 0 Å². The van der Waals surface area contributed by atoms with Crippen LogP contribution in [0.3, 0.4) is 0 Å². The second kappa shape index (κ2) is 5.90. The van der Waals surface area contributed by atoms with E-state index in [1.165, 1.54) is 12.1 Å². The Morgan fingerprint density at radius 1 is 1.45 bits per heavy atom. The molecule has 1 aliphatic heterocycles. The Labute approximate surface area is 118 Å². The van der Waals surface area contributed by atoms with Gasteiger partial charge in [-0.05, 0) is 31.0 Å². The van der Waals surface area contributed by atoms with Crippen LogP contribution in [0.5, 0.6) is 0 Å². The highest BCUT2D eigenvalue weighted by Crippen LogP contribution is 2.21. The summed E-state index contributed by atoms with van der Waals surface area (Å²) in [6.07, 6.45) is 1.91. The number of hydrogen-bond acceptors (Lipinski definition) is 5. The van der Waals surface area contributed by atoms with Crippen LogP contribution in [-0.4, -0.2) is 39.3 Å². The van der Waals surface area contributed by atoms with E-state index in [-0.39, 0.29) is 16.9 Å². The molecule has 0 saturated carbocycles. The Morgan fingerprint density at radius 2 is 2.20 bits per heavy atom. The van der Waals surface area contributed by atoms with E-state index in [4.69, 9.17) is 10.5 Å². The molecule has 1 aromatic carbocycles. The molecule has 1 amide bonds. The summed E-state index contributed by atoms with van der Waals surface area (Å²) in [5.41, 5.74) is 5.94. The van der Waals surface area contributed by atoms with Crippen molar-refractivity contribution >= 4 is 21.4 Å². The number of rotatable bonds is 4. The lowest BCUT2D eigenvalue weighted by Gasteiger charge is -2.13. The van der Waals surface area contributed by atoms with Crippen LogP contribution in [0.4, 0.5) is 5.69 Å². The molecule has 1 heterocycles. The van der Waals surface area contributed by atoms with Crippen molar-refractivity contribution in [1.29, 1.82) is 0 Å². The molecule has 7 heteroatoms. The van der Waals surface area contributed by atoms with Gasteiger partial charge in [-0.3, -0.25) is 4.79 Å². The van der Waals surface area contributed by atoms with Crippen LogP contribution in [0, 0.1) is 0 Å². The fourth-order valence-corrected chi connectivity index (χ4v) is 2.77. The van der Waals surface area contributed by atoms with Crippen LogP contribution >= 0.6 is 0 Å². The molecule has 0 spiro atoms. The molecule has 1 aliphatic rings. The van der Waals surface area contributed by atoms with Gasteiger partial charge in [0.25, 0.3) is 5.91 Å². The summed E-state index contributed by atoms with van der Waals surface area (Å²) < 4.78 is 28.4. The summed E-state index contributed by atoms with van der Waals surface area (Å²) in [5.74, 6) is -0.272. The smallest absolute Gasteiger partial charge is 0.253 e. The topological polar surface area (TPSA) is 98.5 Å². The summed E-state index contributed by atoms with van der Waals surface area (Å²) in [6, 6.07) is 6.15. The fraction of sp³-hybridized carbons (Fsp3) is 0.462. The van der Waals surface area contributed by atoms with Crippen molar-refractivity contribution in [3.63, 3.8) is 0 Å². The minimum atomic E-state index is -3.29. The van der Waals surface area contributed by atoms with Gasteiger partial charge in [-0.25, -0.2) is 8.42 Å². The number of amides is 1. The average molecular weight is 298 g/mol. The van der Waals surface area contributed by atoms with E-state index in [0.717, 1.165) is 12.7 Å². The zero-order valence-electron chi connectivity index (χ0n) is 11.2. The highest BCUT2D eigenvalue weighted by atomic mass is 32.2. The van der Waals surface area contributed by atoms with Gasteiger partial charge in [0.1, 0.15) is 6.10 Å².